The third-order valence-corrected chi connectivity index (χ3v) is 5.71. The highest BCUT2D eigenvalue weighted by Gasteiger charge is 2.32. The number of nitrogens with zero attached hydrogens (tertiary/aromatic N) is 4. The number of benzene rings is 1. The van der Waals surface area contributed by atoms with E-state index in [4.69, 9.17) is 9.47 Å². The second-order valence-corrected chi connectivity index (χ2v) is 8.46. The molecule has 1 amide bonds. The lowest BCUT2D eigenvalue weighted by Gasteiger charge is -2.34. The predicted octanol–water partition coefficient (Wildman–Crippen LogP) is 2.13. The standard InChI is InChI=1S/C22H30N4O3/c1-17-23-7-8-25(17)12-9-24-10-13-26(14-11-24)20(27)16-28-19-6-4-5-18-15-22(2,3)29-21(18)19/h4-8H,9-16H2,1-3H3. The first-order chi connectivity index (χ1) is 13.9. The molecule has 0 spiro atoms. The molecule has 2 aromatic rings. The Labute approximate surface area is 172 Å². The molecule has 2 aliphatic heterocycles. The molecule has 0 atom stereocenters. The van der Waals surface area contributed by atoms with Crippen molar-refractivity contribution in [2.75, 3.05) is 39.3 Å². The fourth-order valence-corrected chi connectivity index (χ4v) is 4.04. The van der Waals surface area contributed by atoms with Gasteiger partial charge in [-0.3, -0.25) is 9.69 Å². The van der Waals surface area contributed by atoms with Crippen molar-refractivity contribution in [3.05, 3.63) is 42.0 Å². The van der Waals surface area contributed by atoms with Crippen molar-refractivity contribution < 1.29 is 14.3 Å². The number of carbonyl (C=O) groups is 1. The van der Waals surface area contributed by atoms with Crippen LogP contribution in [0.3, 0.4) is 0 Å². The summed E-state index contributed by atoms with van der Waals surface area (Å²) in [6, 6.07) is 5.90. The van der Waals surface area contributed by atoms with Crippen molar-refractivity contribution in [2.45, 2.75) is 39.3 Å². The molecule has 1 aromatic carbocycles. The van der Waals surface area contributed by atoms with E-state index >= 15 is 0 Å². The highest BCUT2D eigenvalue weighted by Crippen LogP contribution is 2.41. The fourth-order valence-electron chi connectivity index (χ4n) is 4.04. The molecule has 1 aromatic heterocycles. The first-order valence-electron chi connectivity index (χ1n) is 10.3. The minimum atomic E-state index is -0.225. The number of carbonyl (C=O) groups excluding carboxylic acids is 1. The lowest BCUT2D eigenvalue weighted by Crippen LogP contribution is -2.50. The minimum Gasteiger partial charge on any atom is -0.483 e. The van der Waals surface area contributed by atoms with Crippen LogP contribution in [0, 0.1) is 6.92 Å². The van der Waals surface area contributed by atoms with Gasteiger partial charge in [0.1, 0.15) is 11.4 Å². The maximum atomic E-state index is 12.6. The van der Waals surface area contributed by atoms with E-state index in [1.807, 2.05) is 36.4 Å². The summed E-state index contributed by atoms with van der Waals surface area (Å²) in [6.45, 7) is 11.3. The molecule has 1 fully saturated rings. The molecule has 0 saturated carbocycles. The summed E-state index contributed by atoms with van der Waals surface area (Å²) >= 11 is 0. The monoisotopic (exact) mass is 398 g/mol. The van der Waals surface area contributed by atoms with Crippen molar-refractivity contribution in [3.63, 3.8) is 0 Å². The van der Waals surface area contributed by atoms with Crippen molar-refractivity contribution in [2.24, 2.45) is 0 Å². The zero-order valence-corrected chi connectivity index (χ0v) is 17.6. The van der Waals surface area contributed by atoms with Crippen LogP contribution in [0.1, 0.15) is 25.2 Å². The molecule has 0 radical (unpaired) electrons. The van der Waals surface area contributed by atoms with E-state index < -0.39 is 0 Å². The van der Waals surface area contributed by atoms with Crippen LogP contribution in [0.2, 0.25) is 0 Å². The fraction of sp³-hybridized carbons (Fsp3) is 0.545. The molecule has 7 nitrogen and oxygen atoms in total. The van der Waals surface area contributed by atoms with Gasteiger partial charge in [0.25, 0.3) is 5.91 Å². The quantitative estimate of drug-likeness (QED) is 0.746. The summed E-state index contributed by atoms with van der Waals surface area (Å²) in [7, 11) is 0. The Morgan fingerprint density at radius 2 is 2.00 bits per heavy atom. The largest absolute Gasteiger partial charge is 0.483 e. The third kappa shape index (κ3) is 4.56. The third-order valence-electron chi connectivity index (χ3n) is 5.71. The highest BCUT2D eigenvalue weighted by atomic mass is 16.5. The topological polar surface area (TPSA) is 59.8 Å². The Balaban J connectivity index is 1.24. The van der Waals surface area contributed by atoms with Crippen LogP contribution in [0.15, 0.2) is 30.6 Å². The number of ether oxygens (including phenoxy) is 2. The second-order valence-electron chi connectivity index (χ2n) is 8.46. The molecule has 0 N–H and O–H groups in total. The summed E-state index contributed by atoms with van der Waals surface area (Å²) in [6.07, 6.45) is 4.70. The van der Waals surface area contributed by atoms with E-state index in [2.05, 4.69) is 34.4 Å². The van der Waals surface area contributed by atoms with Gasteiger partial charge in [0.15, 0.2) is 18.1 Å². The number of aryl methyl sites for hydroxylation is 1. The number of hydrogen-bond donors (Lipinski definition) is 0. The summed E-state index contributed by atoms with van der Waals surface area (Å²) in [4.78, 5) is 21.2. The minimum absolute atomic E-state index is 0.0324. The number of amides is 1. The Morgan fingerprint density at radius 1 is 1.21 bits per heavy atom. The molecule has 29 heavy (non-hydrogen) atoms. The average Bonchev–Trinajstić information content (AvgIpc) is 3.25. The highest BCUT2D eigenvalue weighted by molar-refractivity contribution is 5.78. The van der Waals surface area contributed by atoms with Gasteiger partial charge in [0.05, 0.1) is 0 Å². The molecule has 2 aliphatic rings. The van der Waals surface area contributed by atoms with Gasteiger partial charge in [-0.25, -0.2) is 4.98 Å². The molecule has 4 rings (SSSR count). The number of para-hydroxylation sites is 1. The van der Waals surface area contributed by atoms with E-state index in [1.54, 1.807) is 0 Å². The number of fused-ring (bicyclic) bond motifs is 1. The van der Waals surface area contributed by atoms with Gasteiger partial charge in [-0.1, -0.05) is 12.1 Å². The molecule has 0 unspecified atom stereocenters. The normalized spacial score (nSPS) is 18.4. The summed E-state index contributed by atoms with van der Waals surface area (Å²) in [5.41, 5.74) is 0.916. The average molecular weight is 399 g/mol. The molecular weight excluding hydrogens is 368 g/mol. The lowest BCUT2D eigenvalue weighted by molar-refractivity contribution is -0.135. The molecule has 1 saturated heterocycles. The SMILES string of the molecule is Cc1nccn1CCN1CCN(C(=O)COc2cccc3c2OC(C)(C)C3)CC1. The molecule has 0 bridgehead atoms. The number of imidazole rings is 1. The number of aromatic nitrogens is 2. The van der Waals surface area contributed by atoms with Crippen molar-refractivity contribution in [1.29, 1.82) is 0 Å². The van der Waals surface area contributed by atoms with E-state index in [0.717, 1.165) is 62.8 Å². The van der Waals surface area contributed by atoms with Gasteiger partial charge < -0.3 is 18.9 Å². The van der Waals surface area contributed by atoms with Gasteiger partial charge in [0.2, 0.25) is 0 Å². The zero-order valence-electron chi connectivity index (χ0n) is 17.6. The van der Waals surface area contributed by atoms with E-state index in [0.29, 0.717) is 5.75 Å². The first-order valence-corrected chi connectivity index (χ1v) is 10.3. The van der Waals surface area contributed by atoms with Gasteiger partial charge in [-0.15, -0.1) is 0 Å². The van der Waals surface area contributed by atoms with Gasteiger partial charge in [0, 0.05) is 63.6 Å². The predicted molar refractivity (Wildman–Crippen MR) is 110 cm³/mol. The molecular formula is C22H30N4O3. The Morgan fingerprint density at radius 3 is 2.72 bits per heavy atom. The maximum Gasteiger partial charge on any atom is 0.260 e. The van der Waals surface area contributed by atoms with Crippen LogP contribution in [-0.4, -0.2) is 70.2 Å². The Hall–Kier alpha value is -2.54. The molecule has 156 valence electrons. The van der Waals surface area contributed by atoms with Gasteiger partial charge in [-0.05, 0) is 26.8 Å². The van der Waals surface area contributed by atoms with Crippen LogP contribution in [-0.2, 0) is 17.8 Å². The molecule has 7 heteroatoms. The smallest absolute Gasteiger partial charge is 0.260 e. The number of rotatable bonds is 6. The molecule has 3 heterocycles. The second kappa shape index (κ2) is 8.06. The summed E-state index contributed by atoms with van der Waals surface area (Å²) in [5.74, 6) is 2.52. The van der Waals surface area contributed by atoms with Crippen LogP contribution in [0.25, 0.3) is 0 Å². The zero-order chi connectivity index (χ0) is 20.4. The van der Waals surface area contributed by atoms with Crippen molar-refractivity contribution in [3.8, 4) is 11.5 Å². The van der Waals surface area contributed by atoms with E-state index in [9.17, 15) is 4.79 Å². The number of piperazine rings is 1. The summed E-state index contributed by atoms with van der Waals surface area (Å²) in [5, 5.41) is 0. The van der Waals surface area contributed by atoms with Crippen LogP contribution in [0.4, 0.5) is 0 Å². The molecule has 0 aliphatic carbocycles. The Kier molecular flexibility index (Phi) is 5.50. The van der Waals surface area contributed by atoms with Gasteiger partial charge in [-0.2, -0.15) is 0 Å². The lowest BCUT2D eigenvalue weighted by atomic mass is 10.0. The summed E-state index contributed by atoms with van der Waals surface area (Å²) < 4.78 is 14.0. The van der Waals surface area contributed by atoms with Crippen molar-refractivity contribution >= 4 is 5.91 Å². The van der Waals surface area contributed by atoms with Crippen molar-refractivity contribution in [1.82, 2.24) is 19.4 Å². The van der Waals surface area contributed by atoms with Gasteiger partial charge >= 0.3 is 0 Å². The van der Waals surface area contributed by atoms with E-state index in [1.165, 1.54) is 0 Å². The van der Waals surface area contributed by atoms with Crippen LogP contribution < -0.4 is 9.47 Å². The van der Waals surface area contributed by atoms with E-state index in [-0.39, 0.29) is 18.1 Å². The van der Waals surface area contributed by atoms with Crippen LogP contribution in [0.5, 0.6) is 11.5 Å². The number of hydrogen-bond acceptors (Lipinski definition) is 5. The van der Waals surface area contributed by atoms with Crippen LogP contribution >= 0.6 is 0 Å². The Bertz CT molecular complexity index is 869. The first kappa shape index (κ1) is 19.8. The maximum absolute atomic E-state index is 12.6.